The second-order valence-electron chi connectivity index (χ2n) is 4.67. The SMILES string of the molecule is CCOc1cc(-c2n[nH]c(-c3ccc(O)cc3)n2)ccc1O. The number of phenolic OH excluding ortho intramolecular Hbond substituents is 2. The third-order valence-electron chi connectivity index (χ3n) is 3.14. The minimum atomic E-state index is 0.0832. The highest BCUT2D eigenvalue weighted by atomic mass is 16.5. The zero-order valence-corrected chi connectivity index (χ0v) is 11.9. The van der Waals surface area contributed by atoms with E-state index in [4.69, 9.17) is 4.74 Å². The number of aromatic amines is 1. The van der Waals surface area contributed by atoms with Crippen molar-refractivity contribution in [1.82, 2.24) is 15.2 Å². The molecule has 2 aromatic carbocycles. The summed E-state index contributed by atoms with van der Waals surface area (Å²) in [5.74, 6) is 1.78. The lowest BCUT2D eigenvalue weighted by atomic mass is 10.2. The Bertz CT molecular complexity index is 782. The van der Waals surface area contributed by atoms with Gasteiger partial charge in [-0.2, -0.15) is 5.10 Å². The lowest BCUT2D eigenvalue weighted by Gasteiger charge is -2.06. The largest absolute Gasteiger partial charge is 0.508 e. The number of aromatic nitrogens is 3. The van der Waals surface area contributed by atoms with Gasteiger partial charge in [-0.15, -0.1) is 0 Å². The Morgan fingerprint density at radius 1 is 1.05 bits per heavy atom. The fourth-order valence-electron chi connectivity index (χ4n) is 2.06. The molecule has 0 unspecified atom stereocenters. The molecule has 0 amide bonds. The molecule has 0 bridgehead atoms. The monoisotopic (exact) mass is 297 g/mol. The zero-order valence-electron chi connectivity index (χ0n) is 11.9. The number of hydrogen-bond donors (Lipinski definition) is 3. The number of H-pyrrole nitrogens is 1. The smallest absolute Gasteiger partial charge is 0.181 e. The molecule has 0 aliphatic heterocycles. The molecule has 0 fully saturated rings. The lowest BCUT2D eigenvalue weighted by Crippen LogP contribution is -1.92. The van der Waals surface area contributed by atoms with E-state index in [1.807, 2.05) is 6.92 Å². The lowest BCUT2D eigenvalue weighted by molar-refractivity contribution is 0.318. The first-order chi connectivity index (χ1) is 10.7. The Morgan fingerprint density at radius 3 is 2.50 bits per heavy atom. The number of aromatic hydroxyl groups is 2. The molecule has 3 rings (SSSR count). The predicted octanol–water partition coefficient (Wildman–Crippen LogP) is 2.95. The molecule has 3 N–H and O–H groups in total. The van der Waals surface area contributed by atoms with E-state index in [0.29, 0.717) is 24.0 Å². The van der Waals surface area contributed by atoms with Crippen molar-refractivity contribution < 1.29 is 14.9 Å². The van der Waals surface area contributed by atoms with Crippen LogP contribution in [-0.2, 0) is 0 Å². The summed E-state index contributed by atoms with van der Waals surface area (Å²) in [7, 11) is 0. The van der Waals surface area contributed by atoms with Gasteiger partial charge in [0.15, 0.2) is 23.1 Å². The van der Waals surface area contributed by atoms with Crippen LogP contribution in [0.3, 0.4) is 0 Å². The molecule has 112 valence electrons. The summed E-state index contributed by atoms with van der Waals surface area (Å²) >= 11 is 0. The quantitative estimate of drug-likeness (QED) is 0.688. The van der Waals surface area contributed by atoms with Crippen LogP contribution < -0.4 is 4.74 Å². The molecule has 1 aromatic heterocycles. The average Bonchev–Trinajstić information content (AvgIpc) is 3.00. The molecule has 0 saturated heterocycles. The summed E-state index contributed by atoms with van der Waals surface area (Å²) in [6, 6.07) is 11.7. The van der Waals surface area contributed by atoms with Crippen molar-refractivity contribution in [1.29, 1.82) is 0 Å². The number of nitrogens with one attached hydrogen (secondary N) is 1. The molecule has 22 heavy (non-hydrogen) atoms. The average molecular weight is 297 g/mol. The summed E-state index contributed by atoms with van der Waals surface area (Å²) < 4.78 is 5.36. The molecule has 6 heteroatoms. The number of hydrogen-bond acceptors (Lipinski definition) is 5. The Balaban J connectivity index is 1.93. The van der Waals surface area contributed by atoms with Crippen molar-refractivity contribution in [2.75, 3.05) is 6.61 Å². The highest BCUT2D eigenvalue weighted by Gasteiger charge is 2.11. The third-order valence-corrected chi connectivity index (χ3v) is 3.14. The van der Waals surface area contributed by atoms with E-state index in [2.05, 4.69) is 15.2 Å². The molecule has 0 aliphatic rings. The first-order valence-corrected chi connectivity index (χ1v) is 6.85. The second-order valence-corrected chi connectivity index (χ2v) is 4.67. The van der Waals surface area contributed by atoms with Crippen LogP contribution in [0.5, 0.6) is 17.2 Å². The topological polar surface area (TPSA) is 91.3 Å². The van der Waals surface area contributed by atoms with Crippen LogP contribution >= 0.6 is 0 Å². The Morgan fingerprint density at radius 2 is 1.77 bits per heavy atom. The summed E-state index contributed by atoms with van der Waals surface area (Å²) in [4.78, 5) is 4.43. The Hall–Kier alpha value is -3.02. The number of nitrogens with zero attached hydrogens (tertiary/aromatic N) is 2. The maximum atomic E-state index is 9.72. The van der Waals surface area contributed by atoms with Crippen LogP contribution in [-0.4, -0.2) is 32.0 Å². The zero-order chi connectivity index (χ0) is 15.5. The normalized spacial score (nSPS) is 10.6. The van der Waals surface area contributed by atoms with E-state index >= 15 is 0 Å². The van der Waals surface area contributed by atoms with Gasteiger partial charge in [-0.1, -0.05) is 0 Å². The Kier molecular flexibility index (Phi) is 3.65. The Labute approximate surface area is 127 Å². The number of rotatable bonds is 4. The molecule has 0 atom stereocenters. The van der Waals surface area contributed by atoms with E-state index in [1.54, 1.807) is 42.5 Å². The summed E-state index contributed by atoms with van der Waals surface area (Å²) in [6.45, 7) is 2.31. The van der Waals surface area contributed by atoms with Crippen LogP contribution in [0.15, 0.2) is 42.5 Å². The van der Waals surface area contributed by atoms with Crippen LogP contribution in [0.4, 0.5) is 0 Å². The van der Waals surface area contributed by atoms with Crippen molar-refractivity contribution in [2.45, 2.75) is 6.92 Å². The van der Waals surface area contributed by atoms with Crippen LogP contribution in [0, 0.1) is 0 Å². The number of benzene rings is 2. The van der Waals surface area contributed by atoms with E-state index in [1.165, 1.54) is 0 Å². The van der Waals surface area contributed by atoms with Gasteiger partial charge in [0.05, 0.1) is 6.61 Å². The van der Waals surface area contributed by atoms with Gasteiger partial charge in [0.2, 0.25) is 0 Å². The summed E-state index contributed by atoms with van der Waals surface area (Å²) in [5.41, 5.74) is 1.56. The summed E-state index contributed by atoms with van der Waals surface area (Å²) in [6.07, 6.45) is 0. The minimum Gasteiger partial charge on any atom is -0.508 e. The number of phenols is 2. The molecule has 0 aliphatic carbocycles. The fraction of sp³-hybridized carbons (Fsp3) is 0.125. The molecular weight excluding hydrogens is 282 g/mol. The van der Waals surface area contributed by atoms with Gasteiger partial charge in [0.25, 0.3) is 0 Å². The van der Waals surface area contributed by atoms with E-state index < -0.39 is 0 Å². The van der Waals surface area contributed by atoms with Crippen molar-refractivity contribution >= 4 is 0 Å². The van der Waals surface area contributed by atoms with Crippen molar-refractivity contribution in [2.24, 2.45) is 0 Å². The standard InChI is InChI=1S/C16H15N3O3/c1-2-22-14-9-11(5-8-13(14)21)16-17-15(18-19-16)10-3-6-12(20)7-4-10/h3-9,20-21H,2H2,1H3,(H,17,18,19). The highest BCUT2D eigenvalue weighted by Crippen LogP contribution is 2.31. The van der Waals surface area contributed by atoms with Gasteiger partial charge in [-0.05, 0) is 49.4 Å². The van der Waals surface area contributed by atoms with Gasteiger partial charge in [0.1, 0.15) is 5.75 Å². The molecular formula is C16H15N3O3. The van der Waals surface area contributed by atoms with Crippen LogP contribution in [0.25, 0.3) is 22.8 Å². The van der Waals surface area contributed by atoms with Crippen molar-refractivity contribution in [3.8, 4) is 40.0 Å². The van der Waals surface area contributed by atoms with E-state index in [9.17, 15) is 10.2 Å². The molecule has 6 nitrogen and oxygen atoms in total. The maximum Gasteiger partial charge on any atom is 0.181 e. The minimum absolute atomic E-state index is 0.0832. The molecule has 0 radical (unpaired) electrons. The van der Waals surface area contributed by atoms with Crippen LogP contribution in [0.1, 0.15) is 6.92 Å². The van der Waals surface area contributed by atoms with Gasteiger partial charge in [0, 0.05) is 11.1 Å². The van der Waals surface area contributed by atoms with Gasteiger partial charge < -0.3 is 14.9 Å². The van der Waals surface area contributed by atoms with E-state index in [0.717, 1.165) is 11.1 Å². The van der Waals surface area contributed by atoms with Gasteiger partial charge in [-0.3, -0.25) is 5.10 Å². The van der Waals surface area contributed by atoms with Crippen molar-refractivity contribution in [3.05, 3.63) is 42.5 Å². The van der Waals surface area contributed by atoms with Crippen molar-refractivity contribution in [3.63, 3.8) is 0 Å². The molecule has 0 spiro atoms. The first kappa shape index (κ1) is 13.9. The second kappa shape index (κ2) is 5.77. The van der Waals surface area contributed by atoms with Crippen LogP contribution in [0.2, 0.25) is 0 Å². The molecule has 0 saturated carbocycles. The number of ether oxygens (including phenoxy) is 1. The molecule has 3 aromatic rings. The predicted molar refractivity (Wildman–Crippen MR) is 81.8 cm³/mol. The molecule has 1 heterocycles. The third kappa shape index (κ3) is 2.71. The highest BCUT2D eigenvalue weighted by molar-refractivity contribution is 5.64. The van der Waals surface area contributed by atoms with Gasteiger partial charge in [-0.25, -0.2) is 4.98 Å². The van der Waals surface area contributed by atoms with E-state index in [-0.39, 0.29) is 11.5 Å². The maximum absolute atomic E-state index is 9.72. The summed E-state index contributed by atoms with van der Waals surface area (Å²) in [5, 5.41) is 26.1. The first-order valence-electron chi connectivity index (χ1n) is 6.85. The van der Waals surface area contributed by atoms with Gasteiger partial charge >= 0.3 is 0 Å². The fourth-order valence-corrected chi connectivity index (χ4v) is 2.06.